The van der Waals surface area contributed by atoms with Crippen LogP contribution in [0.2, 0.25) is 5.02 Å². The number of methoxy groups -OCH3 is 2. The summed E-state index contributed by atoms with van der Waals surface area (Å²) in [6, 6.07) is 3.71. The molecule has 0 fully saturated rings. The molecule has 0 amide bonds. The van der Waals surface area contributed by atoms with Crippen LogP contribution >= 0.6 is 24.0 Å². The maximum atomic E-state index is 14.0. The van der Waals surface area contributed by atoms with E-state index in [2.05, 4.69) is 15.7 Å². The van der Waals surface area contributed by atoms with E-state index in [1.54, 1.807) is 14.2 Å². The van der Waals surface area contributed by atoms with Crippen LogP contribution in [0.3, 0.4) is 0 Å². The van der Waals surface area contributed by atoms with Crippen LogP contribution in [0.5, 0.6) is 11.5 Å². The van der Waals surface area contributed by atoms with Crippen molar-refractivity contribution in [2.75, 3.05) is 33.9 Å². The summed E-state index contributed by atoms with van der Waals surface area (Å²) in [4.78, 5) is 1.72. The fraction of sp³-hybridized carbons (Fsp3) is 0.478. The first-order valence-corrected chi connectivity index (χ1v) is 12.8. The van der Waals surface area contributed by atoms with E-state index < -0.39 is 31.6 Å². The summed E-state index contributed by atoms with van der Waals surface area (Å²) in [7, 11) is -0.843. The Hall–Kier alpha value is -1.65. The zero-order valence-corrected chi connectivity index (χ0v) is 21.4. The molecule has 1 aliphatic carbocycles. The molecule has 2 aliphatic rings. The zero-order chi connectivity index (χ0) is 23.8. The maximum Gasteiger partial charge on any atom is 0.244 e. The maximum absolute atomic E-state index is 14.0. The van der Waals surface area contributed by atoms with E-state index in [1.807, 2.05) is 0 Å². The number of rotatable bonds is 9. The quantitative estimate of drug-likeness (QED) is 0.472. The van der Waals surface area contributed by atoms with Crippen LogP contribution in [-0.4, -0.2) is 47.2 Å². The number of hydrogen-bond acceptors (Lipinski definition) is 5. The topological polar surface area (TPSA) is 67.9 Å². The summed E-state index contributed by atoms with van der Waals surface area (Å²) in [6.45, 7) is 1.89. The van der Waals surface area contributed by atoms with Crippen LogP contribution in [0.25, 0.3) is 0 Å². The molecule has 1 aliphatic heterocycles. The van der Waals surface area contributed by atoms with Gasteiger partial charge in [0.2, 0.25) is 10.0 Å². The van der Waals surface area contributed by atoms with E-state index in [-0.39, 0.29) is 19.0 Å². The molecule has 34 heavy (non-hydrogen) atoms. The van der Waals surface area contributed by atoms with Crippen molar-refractivity contribution in [3.8, 4) is 11.5 Å². The molecule has 188 valence electrons. The van der Waals surface area contributed by atoms with E-state index in [4.69, 9.17) is 21.1 Å². The van der Waals surface area contributed by atoms with Gasteiger partial charge in [-0.3, -0.25) is 4.90 Å². The number of hydrogen-bond donors (Lipinski definition) is 1. The van der Waals surface area contributed by atoms with Crippen molar-refractivity contribution in [3.05, 3.63) is 51.5 Å². The third-order valence-electron chi connectivity index (χ3n) is 6.40. The Morgan fingerprint density at radius 3 is 2.59 bits per heavy atom. The van der Waals surface area contributed by atoms with Crippen molar-refractivity contribution in [1.82, 2.24) is 9.62 Å². The van der Waals surface area contributed by atoms with Gasteiger partial charge >= 0.3 is 0 Å². The van der Waals surface area contributed by atoms with Crippen molar-refractivity contribution in [2.24, 2.45) is 0 Å². The van der Waals surface area contributed by atoms with Crippen molar-refractivity contribution in [1.29, 1.82) is 0 Å². The number of nitrogens with zero attached hydrogens (tertiary/aromatic N) is 1. The van der Waals surface area contributed by atoms with Crippen molar-refractivity contribution in [3.63, 3.8) is 0 Å². The van der Waals surface area contributed by atoms with E-state index >= 15 is 0 Å². The molecule has 6 nitrogen and oxygen atoms in total. The first kappa shape index (κ1) is 26.9. The molecule has 0 saturated carbocycles. The van der Waals surface area contributed by atoms with Gasteiger partial charge in [0.25, 0.3) is 0 Å². The molecule has 0 aromatic heterocycles. The van der Waals surface area contributed by atoms with Crippen LogP contribution < -0.4 is 14.2 Å². The molecule has 0 bridgehead atoms. The second-order valence-corrected chi connectivity index (χ2v) is 10.4. The molecule has 1 heterocycles. The minimum absolute atomic E-state index is 0. The SMILES string of the molecule is COc1cc2c3c(c1OC)CCC3N(CCCCNS(=O)(=O)c1c(F)cc(F)cc1Cl)CC2.Cl. The third-order valence-corrected chi connectivity index (χ3v) is 8.35. The molecule has 4 rings (SSSR count). The molecule has 11 heteroatoms. The van der Waals surface area contributed by atoms with Gasteiger partial charge in [-0.1, -0.05) is 11.6 Å². The highest BCUT2D eigenvalue weighted by Gasteiger charge is 2.36. The summed E-state index contributed by atoms with van der Waals surface area (Å²) in [5, 5.41) is -0.476. The standard InChI is InChI=1S/C23H27ClF2N2O4S.ClH/c1-31-20-11-14-7-10-28(19-6-5-16(21(14)19)22(20)32-2)9-4-3-8-27-33(29,30)23-17(24)12-15(25)13-18(23)26;/h11-13,19,27H,3-10H2,1-2H3;1H. The Balaban J connectivity index is 0.00000324. The average molecular weight is 537 g/mol. The lowest BCUT2D eigenvalue weighted by Gasteiger charge is -2.35. The van der Waals surface area contributed by atoms with Crippen LogP contribution in [-0.2, 0) is 22.9 Å². The van der Waals surface area contributed by atoms with E-state index in [1.165, 1.54) is 16.7 Å². The van der Waals surface area contributed by atoms with Crippen molar-refractivity contribution in [2.45, 2.75) is 43.0 Å². The van der Waals surface area contributed by atoms with E-state index in [9.17, 15) is 17.2 Å². The highest BCUT2D eigenvalue weighted by molar-refractivity contribution is 7.89. The smallest absolute Gasteiger partial charge is 0.244 e. The minimum atomic E-state index is -4.17. The third kappa shape index (κ3) is 5.14. The molecule has 1 unspecified atom stereocenters. The van der Waals surface area contributed by atoms with Crippen LogP contribution in [0.4, 0.5) is 8.78 Å². The number of unbranched alkanes of at least 4 members (excludes halogenated alkanes) is 1. The van der Waals surface area contributed by atoms with Crippen LogP contribution in [0.15, 0.2) is 23.1 Å². The van der Waals surface area contributed by atoms with Gasteiger partial charge in [0.15, 0.2) is 11.5 Å². The van der Waals surface area contributed by atoms with Gasteiger partial charge in [-0.15, -0.1) is 12.4 Å². The average Bonchev–Trinajstić information content (AvgIpc) is 3.19. The largest absolute Gasteiger partial charge is 0.493 e. The molecule has 0 saturated heterocycles. The van der Waals surface area contributed by atoms with Crippen molar-refractivity contribution >= 4 is 34.0 Å². The summed E-state index contributed by atoms with van der Waals surface area (Å²) < 4.78 is 65.5. The second-order valence-electron chi connectivity index (χ2n) is 8.31. The number of ether oxygens (including phenoxy) is 2. The first-order valence-electron chi connectivity index (χ1n) is 10.9. The zero-order valence-electron chi connectivity index (χ0n) is 19.0. The molecule has 2 aromatic carbocycles. The Kier molecular flexibility index (Phi) is 8.68. The fourth-order valence-electron chi connectivity index (χ4n) is 4.99. The van der Waals surface area contributed by atoms with Gasteiger partial charge < -0.3 is 9.47 Å². The number of nitrogens with one attached hydrogen (secondary N) is 1. The predicted molar refractivity (Wildman–Crippen MR) is 129 cm³/mol. The summed E-state index contributed by atoms with van der Waals surface area (Å²) in [5.41, 5.74) is 3.89. The van der Waals surface area contributed by atoms with E-state index in [0.29, 0.717) is 18.5 Å². The van der Waals surface area contributed by atoms with Gasteiger partial charge in [0.05, 0.1) is 19.2 Å². The molecule has 1 atom stereocenters. The van der Waals surface area contributed by atoms with Gasteiger partial charge in [0, 0.05) is 30.8 Å². The van der Waals surface area contributed by atoms with Gasteiger partial charge in [-0.2, -0.15) is 0 Å². The summed E-state index contributed by atoms with van der Waals surface area (Å²) in [6.07, 6.45) is 4.23. The molecule has 0 radical (unpaired) electrons. The second kappa shape index (κ2) is 11.0. The lowest BCUT2D eigenvalue weighted by Crippen LogP contribution is -2.35. The Labute approximate surface area is 210 Å². The molecule has 1 N–H and O–H groups in total. The highest BCUT2D eigenvalue weighted by Crippen LogP contribution is 2.48. The Morgan fingerprint density at radius 1 is 1.15 bits per heavy atom. The van der Waals surface area contributed by atoms with E-state index in [0.717, 1.165) is 56.3 Å². The lowest BCUT2D eigenvalue weighted by molar-refractivity contribution is 0.182. The Morgan fingerprint density at radius 2 is 1.91 bits per heavy atom. The monoisotopic (exact) mass is 536 g/mol. The fourth-order valence-corrected chi connectivity index (χ4v) is 6.68. The molecule has 2 aromatic rings. The van der Waals surface area contributed by atoms with Crippen molar-refractivity contribution < 1.29 is 26.7 Å². The number of sulfonamides is 1. The summed E-state index contributed by atoms with van der Waals surface area (Å²) in [5.74, 6) is -0.527. The van der Waals surface area contributed by atoms with Gasteiger partial charge in [-0.25, -0.2) is 21.9 Å². The highest BCUT2D eigenvalue weighted by atomic mass is 35.5. The van der Waals surface area contributed by atoms with Crippen LogP contribution in [0.1, 0.15) is 42.0 Å². The number of benzene rings is 2. The Bertz CT molecular complexity index is 1140. The normalized spacial score (nSPS) is 17.3. The van der Waals surface area contributed by atoms with Crippen LogP contribution in [0, 0.1) is 11.6 Å². The van der Waals surface area contributed by atoms with Gasteiger partial charge in [0.1, 0.15) is 16.5 Å². The molecule has 0 spiro atoms. The lowest BCUT2D eigenvalue weighted by atomic mass is 9.92. The summed E-state index contributed by atoms with van der Waals surface area (Å²) >= 11 is 5.76. The molecular formula is C23H28Cl2F2N2O4S. The minimum Gasteiger partial charge on any atom is -0.493 e. The number of halogens is 4. The van der Waals surface area contributed by atoms with Gasteiger partial charge in [-0.05, 0) is 61.9 Å². The molecular weight excluding hydrogens is 509 g/mol. The first-order chi connectivity index (χ1) is 15.8. The predicted octanol–water partition coefficient (Wildman–Crippen LogP) is 4.66.